The molecule has 0 unspecified atom stereocenters. The fraction of sp³-hybridized carbons (Fsp3) is 0.386. The van der Waals surface area contributed by atoms with Crippen molar-refractivity contribution >= 4 is 68.4 Å². The molecule has 2 aromatic carbocycles. The number of halogens is 3. The van der Waals surface area contributed by atoms with Gasteiger partial charge in [-0.05, 0) is 95.3 Å². The molecule has 0 radical (unpaired) electrons. The summed E-state index contributed by atoms with van der Waals surface area (Å²) in [4.78, 5) is 42.6. The van der Waals surface area contributed by atoms with Gasteiger partial charge in [-0.1, -0.05) is 41.9 Å². The summed E-state index contributed by atoms with van der Waals surface area (Å²) in [6, 6.07) is 14.0. The highest BCUT2D eigenvalue weighted by Gasteiger charge is 2.56. The molecule has 2 bridgehead atoms. The van der Waals surface area contributed by atoms with E-state index in [0.29, 0.717) is 47.4 Å². The second-order valence-electron chi connectivity index (χ2n) is 16.4. The topological polar surface area (TPSA) is 108 Å². The third-order valence-electron chi connectivity index (χ3n) is 11.6. The molecule has 5 aromatic rings. The number of pyridine rings is 2. The molecule has 13 heteroatoms. The summed E-state index contributed by atoms with van der Waals surface area (Å²) < 4.78 is 25.7. The van der Waals surface area contributed by atoms with Crippen molar-refractivity contribution in [2.75, 3.05) is 24.5 Å². The van der Waals surface area contributed by atoms with Gasteiger partial charge in [0.25, 0.3) is 0 Å². The van der Waals surface area contributed by atoms with Crippen LogP contribution in [0.4, 0.5) is 19.7 Å². The largest absolute Gasteiger partial charge is 0.444 e. The molecule has 3 amide bonds. The summed E-state index contributed by atoms with van der Waals surface area (Å²) in [6.07, 6.45) is 4.92. The third-order valence-corrected chi connectivity index (χ3v) is 12.4. The fourth-order valence-corrected chi connectivity index (χ4v) is 9.42. The highest BCUT2D eigenvalue weighted by atomic mass is 35.5. The minimum absolute atomic E-state index is 0.0818. The summed E-state index contributed by atoms with van der Waals surface area (Å²) in [7, 11) is 0. The van der Waals surface area contributed by atoms with Gasteiger partial charge in [-0.15, -0.1) is 0 Å². The number of amides is 3. The number of fused-ring (bicyclic) bond motifs is 4. The number of carbonyl (C=O) groups excluding carboxylic acids is 2. The Kier molecular flexibility index (Phi) is 9.94. The number of nitrogens with zero attached hydrogens (tertiary/aromatic N) is 7. The standard InChI is InChI=1S/C44H44Cl2FN7O3/c1-24(2)38-31-22-33(25(3)51-18-9-19-52(42(51)55)28-13-16-49-17-14-28)54(40-27-21-34(40)53(23-27)43(56)57-44(4,5)6)41(31)30-20-26(10-8-15-48)35(37(47)39(30)50-38)29-11-7-12-32(45)36(29)46/h7,11-14,16-17,20,22,25,27,34,40H,1,8-10,18-19,21,23H2,2-6H3/t25-,27-,34-,40+/m1/s1. The van der Waals surface area contributed by atoms with Gasteiger partial charge in [-0.25, -0.2) is 19.0 Å². The Hall–Kier alpha value is -5.18. The zero-order chi connectivity index (χ0) is 40.5. The highest BCUT2D eigenvalue weighted by molar-refractivity contribution is 6.43. The van der Waals surface area contributed by atoms with Crippen LogP contribution in [0.25, 0.3) is 38.5 Å². The molecule has 3 aromatic heterocycles. The Morgan fingerprint density at radius 1 is 1.14 bits per heavy atom. The fourth-order valence-electron chi connectivity index (χ4n) is 9.03. The average molecular weight is 809 g/mol. The van der Waals surface area contributed by atoms with Gasteiger partial charge in [-0.2, -0.15) is 5.26 Å². The summed E-state index contributed by atoms with van der Waals surface area (Å²) in [5, 5.41) is 11.5. The molecule has 9 rings (SSSR count). The van der Waals surface area contributed by atoms with Crippen LogP contribution in [-0.4, -0.2) is 67.7 Å². The van der Waals surface area contributed by atoms with E-state index >= 15 is 4.39 Å². The number of urea groups is 1. The lowest BCUT2D eigenvalue weighted by atomic mass is 9.79. The zero-order valence-electron chi connectivity index (χ0n) is 32.7. The van der Waals surface area contributed by atoms with Crippen molar-refractivity contribution in [3.63, 3.8) is 0 Å². The van der Waals surface area contributed by atoms with Crippen molar-refractivity contribution in [1.29, 1.82) is 5.26 Å². The smallest absolute Gasteiger partial charge is 0.410 e. The summed E-state index contributed by atoms with van der Waals surface area (Å²) in [5.41, 5.74) is 4.21. The second-order valence-corrected chi connectivity index (χ2v) is 17.2. The SMILES string of the molecule is C=C(C)c1nc2c(F)c(-c3cccc(Cl)c3Cl)c(CCC#N)cc2c2c1cc([C@@H](C)N1CCCN(c3ccncc3)C1=O)n2[C@H]1[C@@H]2C[C@H]1N(C(=O)OC(C)(C)C)C2. The monoisotopic (exact) mass is 807 g/mol. The van der Waals surface area contributed by atoms with Gasteiger partial charge in [0.2, 0.25) is 0 Å². The average Bonchev–Trinajstić information content (AvgIpc) is 3.88. The van der Waals surface area contributed by atoms with Crippen molar-refractivity contribution in [2.24, 2.45) is 5.92 Å². The quantitative estimate of drug-likeness (QED) is 0.154. The lowest BCUT2D eigenvalue weighted by Crippen LogP contribution is -2.51. The number of rotatable bonds is 8. The predicted octanol–water partition coefficient (Wildman–Crippen LogP) is 10.8. The molecule has 4 atom stereocenters. The molecule has 1 aliphatic carbocycles. The Labute approximate surface area is 341 Å². The van der Waals surface area contributed by atoms with Crippen LogP contribution in [0, 0.1) is 23.1 Å². The molecule has 294 valence electrons. The van der Waals surface area contributed by atoms with Crippen molar-refractivity contribution in [2.45, 2.75) is 84.0 Å². The van der Waals surface area contributed by atoms with Crippen molar-refractivity contribution in [3.05, 3.63) is 94.3 Å². The lowest BCUT2D eigenvalue weighted by molar-refractivity contribution is 0.0208. The number of allylic oxidation sites excluding steroid dienone is 1. The summed E-state index contributed by atoms with van der Waals surface area (Å²) in [6.45, 7) is 15.3. The zero-order valence-corrected chi connectivity index (χ0v) is 34.2. The first-order valence-corrected chi connectivity index (χ1v) is 20.1. The Morgan fingerprint density at radius 2 is 1.89 bits per heavy atom. The highest BCUT2D eigenvalue weighted by Crippen LogP contribution is 2.54. The van der Waals surface area contributed by atoms with E-state index in [-0.39, 0.29) is 64.1 Å². The number of anilines is 1. The summed E-state index contributed by atoms with van der Waals surface area (Å²) >= 11 is 13.2. The predicted molar refractivity (Wildman–Crippen MR) is 222 cm³/mol. The number of aryl methyl sites for hydroxylation is 1. The molecule has 4 fully saturated rings. The maximum atomic E-state index is 17.5. The van der Waals surface area contributed by atoms with E-state index in [1.807, 2.05) is 62.6 Å². The van der Waals surface area contributed by atoms with Gasteiger partial charge in [0, 0.05) is 77.6 Å². The van der Waals surface area contributed by atoms with E-state index in [9.17, 15) is 14.9 Å². The number of aromatic nitrogens is 3. The van der Waals surface area contributed by atoms with Crippen LogP contribution in [0.1, 0.15) is 82.9 Å². The first kappa shape index (κ1) is 38.7. The van der Waals surface area contributed by atoms with Crippen LogP contribution in [0.3, 0.4) is 0 Å². The Morgan fingerprint density at radius 3 is 2.60 bits per heavy atom. The van der Waals surface area contributed by atoms with E-state index in [0.717, 1.165) is 35.1 Å². The maximum absolute atomic E-state index is 17.5. The maximum Gasteiger partial charge on any atom is 0.410 e. The molecule has 10 nitrogen and oxygen atoms in total. The molecule has 3 saturated heterocycles. The first-order chi connectivity index (χ1) is 27.2. The lowest BCUT2D eigenvalue weighted by Gasteiger charge is -2.42. The van der Waals surface area contributed by atoms with E-state index in [1.54, 1.807) is 35.5 Å². The third kappa shape index (κ3) is 6.57. The Balaban J connectivity index is 1.38. The number of nitriles is 1. The molecule has 0 spiro atoms. The number of ether oxygens (including phenoxy) is 1. The van der Waals surface area contributed by atoms with Crippen molar-refractivity contribution in [1.82, 2.24) is 24.3 Å². The van der Waals surface area contributed by atoms with E-state index in [2.05, 4.69) is 28.3 Å². The molecule has 1 saturated carbocycles. The molecule has 3 aliphatic heterocycles. The normalized spacial score (nSPS) is 19.9. The number of benzene rings is 2. The molecule has 57 heavy (non-hydrogen) atoms. The van der Waals surface area contributed by atoms with Gasteiger partial charge < -0.3 is 19.1 Å². The minimum atomic E-state index is -0.673. The van der Waals surface area contributed by atoms with Crippen LogP contribution in [0.2, 0.25) is 10.0 Å². The molecular formula is C44H44Cl2FN7O3. The van der Waals surface area contributed by atoms with Gasteiger partial charge in [0.05, 0.1) is 45.5 Å². The molecule has 4 aliphatic rings. The number of hydrogen-bond donors (Lipinski definition) is 0. The Bertz CT molecular complexity index is 2510. The van der Waals surface area contributed by atoms with Crippen LogP contribution >= 0.6 is 23.2 Å². The van der Waals surface area contributed by atoms with Gasteiger partial charge in [-0.3, -0.25) is 9.88 Å². The van der Waals surface area contributed by atoms with Crippen LogP contribution in [-0.2, 0) is 11.2 Å². The van der Waals surface area contributed by atoms with Crippen molar-refractivity contribution < 1.29 is 18.7 Å². The van der Waals surface area contributed by atoms with E-state index in [4.69, 9.17) is 32.9 Å². The van der Waals surface area contributed by atoms with Crippen LogP contribution < -0.4 is 4.90 Å². The van der Waals surface area contributed by atoms with Crippen LogP contribution in [0.5, 0.6) is 0 Å². The van der Waals surface area contributed by atoms with Crippen LogP contribution in [0.15, 0.2) is 61.4 Å². The van der Waals surface area contributed by atoms with Gasteiger partial charge >= 0.3 is 12.1 Å². The van der Waals surface area contributed by atoms with E-state index < -0.39 is 17.5 Å². The number of carbonyl (C=O) groups is 2. The number of hydrogen-bond acceptors (Lipinski definition) is 6. The molecule has 6 heterocycles. The molecule has 0 N–H and O–H groups in total. The second kappa shape index (κ2) is 14.6. The van der Waals surface area contributed by atoms with Gasteiger partial charge in [0.1, 0.15) is 11.1 Å². The minimum Gasteiger partial charge on any atom is -0.444 e. The van der Waals surface area contributed by atoms with Crippen molar-refractivity contribution in [3.8, 4) is 17.2 Å². The molecular weight excluding hydrogens is 764 g/mol. The van der Waals surface area contributed by atoms with E-state index in [1.165, 1.54) is 0 Å². The first-order valence-electron chi connectivity index (χ1n) is 19.3. The van der Waals surface area contributed by atoms with Gasteiger partial charge in [0.15, 0.2) is 5.82 Å². The summed E-state index contributed by atoms with van der Waals surface area (Å²) in [5.74, 6) is -0.499.